The van der Waals surface area contributed by atoms with Crippen LogP contribution in [0.1, 0.15) is 37.3 Å². The Balaban J connectivity index is 1.81. The SMILES string of the molecule is CCC(=O)Nc1ccc(S(=O)(=O)NCC2(c3ccc(F)cc3)CCOCC2)c(C)c1. The number of hydrogen-bond donors (Lipinski definition) is 2. The average molecular weight is 435 g/mol. The normalized spacial score (nSPS) is 16.2. The fourth-order valence-electron chi connectivity index (χ4n) is 3.72. The highest BCUT2D eigenvalue weighted by Crippen LogP contribution is 2.35. The number of carbonyl (C=O) groups excluding carboxylic acids is 1. The first-order valence-corrected chi connectivity index (χ1v) is 11.5. The van der Waals surface area contributed by atoms with E-state index in [9.17, 15) is 17.6 Å². The van der Waals surface area contributed by atoms with Crippen molar-refractivity contribution in [3.63, 3.8) is 0 Å². The standard InChI is InChI=1S/C22H27FN2O4S/c1-3-21(26)25-19-8-9-20(16(2)14-19)30(27,28)24-15-22(10-12-29-13-11-22)17-4-6-18(23)7-5-17/h4-9,14,24H,3,10-13,15H2,1-2H3,(H,25,26). The summed E-state index contributed by atoms with van der Waals surface area (Å²) in [7, 11) is -3.77. The molecule has 0 aromatic heterocycles. The lowest BCUT2D eigenvalue weighted by Crippen LogP contribution is -2.44. The molecular weight excluding hydrogens is 407 g/mol. The van der Waals surface area contributed by atoms with Gasteiger partial charge in [0.05, 0.1) is 4.90 Å². The topological polar surface area (TPSA) is 84.5 Å². The molecule has 162 valence electrons. The Morgan fingerprint density at radius 3 is 2.40 bits per heavy atom. The van der Waals surface area contributed by atoms with Crippen LogP contribution in [0.2, 0.25) is 0 Å². The summed E-state index contributed by atoms with van der Waals surface area (Å²) in [6, 6.07) is 10.9. The van der Waals surface area contributed by atoms with Gasteiger partial charge in [0.2, 0.25) is 15.9 Å². The first-order valence-electron chi connectivity index (χ1n) is 10.00. The van der Waals surface area contributed by atoms with Crippen molar-refractivity contribution in [3.8, 4) is 0 Å². The number of rotatable bonds is 7. The molecule has 0 radical (unpaired) electrons. The molecule has 0 unspecified atom stereocenters. The Kier molecular flexibility index (Phi) is 6.90. The number of ether oxygens (including phenoxy) is 1. The summed E-state index contributed by atoms with van der Waals surface area (Å²) in [5.74, 6) is -0.462. The average Bonchev–Trinajstić information content (AvgIpc) is 2.73. The Labute approximate surface area is 176 Å². The Morgan fingerprint density at radius 2 is 1.80 bits per heavy atom. The minimum Gasteiger partial charge on any atom is -0.381 e. The van der Waals surface area contributed by atoms with Crippen LogP contribution in [0.5, 0.6) is 0 Å². The Bertz CT molecular complexity index is 1000. The number of benzene rings is 2. The summed E-state index contributed by atoms with van der Waals surface area (Å²) >= 11 is 0. The van der Waals surface area contributed by atoms with E-state index in [1.54, 1.807) is 38.1 Å². The largest absolute Gasteiger partial charge is 0.381 e. The number of aryl methyl sites for hydroxylation is 1. The van der Waals surface area contributed by atoms with Crippen molar-refractivity contribution in [2.24, 2.45) is 0 Å². The molecule has 1 amide bonds. The smallest absolute Gasteiger partial charge is 0.240 e. The molecule has 30 heavy (non-hydrogen) atoms. The maximum Gasteiger partial charge on any atom is 0.240 e. The van der Waals surface area contributed by atoms with Crippen LogP contribution >= 0.6 is 0 Å². The Hall–Kier alpha value is -2.29. The molecule has 8 heteroatoms. The van der Waals surface area contributed by atoms with Crippen LogP contribution in [-0.2, 0) is 25.0 Å². The minimum atomic E-state index is -3.77. The minimum absolute atomic E-state index is 0.135. The summed E-state index contributed by atoms with van der Waals surface area (Å²) in [5.41, 5.74) is 1.54. The van der Waals surface area contributed by atoms with Crippen molar-refractivity contribution in [1.29, 1.82) is 0 Å². The highest BCUT2D eigenvalue weighted by molar-refractivity contribution is 7.89. The lowest BCUT2D eigenvalue weighted by Gasteiger charge is -2.38. The fourth-order valence-corrected chi connectivity index (χ4v) is 5.07. The van der Waals surface area contributed by atoms with E-state index in [4.69, 9.17) is 4.74 Å². The van der Waals surface area contributed by atoms with Gasteiger partial charge in [0.25, 0.3) is 0 Å². The van der Waals surface area contributed by atoms with E-state index < -0.39 is 15.4 Å². The number of carbonyl (C=O) groups is 1. The molecule has 1 aliphatic rings. The third-order valence-corrected chi connectivity index (χ3v) is 7.14. The van der Waals surface area contributed by atoms with Gasteiger partial charge >= 0.3 is 0 Å². The van der Waals surface area contributed by atoms with Crippen LogP contribution < -0.4 is 10.0 Å². The summed E-state index contributed by atoms with van der Waals surface area (Å²) in [4.78, 5) is 11.7. The van der Waals surface area contributed by atoms with Gasteiger partial charge < -0.3 is 10.1 Å². The molecule has 0 bridgehead atoms. The molecule has 2 aromatic carbocycles. The van der Waals surface area contributed by atoms with Gasteiger partial charge in [-0.1, -0.05) is 19.1 Å². The van der Waals surface area contributed by atoms with Gasteiger partial charge in [-0.15, -0.1) is 0 Å². The second-order valence-electron chi connectivity index (χ2n) is 7.61. The van der Waals surface area contributed by atoms with Crippen molar-refractivity contribution < 1.29 is 22.3 Å². The number of hydrogen-bond acceptors (Lipinski definition) is 4. The van der Waals surface area contributed by atoms with E-state index >= 15 is 0 Å². The van der Waals surface area contributed by atoms with Gasteiger partial charge in [0.15, 0.2) is 0 Å². The molecule has 0 spiro atoms. The van der Waals surface area contributed by atoms with Crippen LogP contribution in [0.15, 0.2) is 47.4 Å². The van der Waals surface area contributed by atoms with Gasteiger partial charge in [-0.25, -0.2) is 17.5 Å². The third-order valence-electron chi connectivity index (χ3n) is 5.58. The summed E-state index contributed by atoms with van der Waals surface area (Å²) in [6.45, 7) is 4.67. The highest BCUT2D eigenvalue weighted by Gasteiger charge is 2.36. The van der Waals surface area contributed by atoms with E-state index in [1.165, 1.54) is 18.2 Å². The maximum atomic E-state index is 13.4. The number of sulfonamides is 1. The quantitative estimate of drug-likeness (QED) is 0.699. The Morgan fingerprint density at radius 1 is 1.13 bits per heavy atom. The zero-order chi connectivity index (χ0) is 21.8. The second-order valence-corrected chi connectivity index (χ2v) is 9.34. The second kappa shape index (κ2) is 9.24. The van der Waals surface area contributed by atoms with E-state index in [-0.39, 0.29) is 23.2 Å². The summed E-state index contributed by atoms with van der Waals surface area (Å²) in [6.07, 6.45) is 1.63. The zero-order valence-corrected chi connectivity index (χ0v) is 18.0. The zero-order valence-electron chi connectivity index (χ0n) is 17.2. The molecule has 0 aliphatic carbocycles. The van der Waals surface area contributed by atoms with Gasteiger partial charge in [-0.3, -0.25) is 4.79 Å². The van der Waals surface area contributed by atoms with Crippen molar-refractivity contribution >= 4 is 21.6 Å². The molecule has 1 aliphatic heterocycles. The number of halogens is 1. The molecule has 2 N–H and O–H groups in total. The summed E-state index contributed by atoms with van der Waals surface area (Å²) in [5, 5.41) is 2.73. The van der Waals surface area contributed by atoms with E-state index in [0.717, 1.165) is 5.56 Å². The first-order chi connectivity index (χ1) is 14.3. The highest BCUT2D eigenvalue weighted by atomic mass is 32.2. The van der Waals surface area contributed by atoms with Crippen LogP contribution in [0.25, 0.3) is 0 Å². The molecule has 1 fully saturated rings. The molecule has 0 saturated carbocycles. The van der Waals surface area contributed by atoms with Crippen LogP contribution in [0.3, 0.4) is 0 Å². The molecule has 1 heterocycles. The van der Waals surface area contributed by atoms with Crippen LogP contribution in [0.4, 0.5) is 10.1 Å². The van der Waals surface area contributed by atoms with E-state index in [2.05, 4.69) is 10.0 Å². The molecule has 2 aromatic rings. The first kappa shape index (κ1) is 22.4. The fraction of sp³-hybridized carbons (Fsp3) is 0.409. The molecule has 1 saturated heterocycles. The van der Waals surface area contributed by atoms with Gasteiger partial charge in [-0.2, -0.15) is 0 Å². The van der Waals surface area contributed by atoms with Crippen molar-refractivity contribution in [2.45, 2.75) is 43.4 Å². The molecule has 0 atom stereocenters. The monoisotopic (exact) mass is 434 g/mol. The summed E-state index contributed by atoms with van der Waals surface area (Å²) < 4.78 is 47.7. The number of anilines is 1. The predicted octanol–water partition coefficient (Wildman–Crippen LogP) is 3.51. The van der Waals surface area contributed by atoms with E-state index in [1.807, 2.05) is 0 Å². The molecule has 3 rings (SSSR count). The van der Waals surface area contributed by atoms with E-state index in [0.29, 0.717) is 43.7 Å². The number of amides is 1. The number of nitrogens with one attached hydrogen (secondary N) is 2. The van der Waals surface area contributed by atoms with Gasteiger partial charge in [-0.05, 0) is 61.2 Å². The van der Waals surface area contributed by atoms with Crippen LogP contribution in [0, 0.1) is 12.7 Å². The lowest BCUT2D eigenvalue weighted by molar-refractivity contribution is -0.115. The van der Waals surface area contributed by atoms with Crippen LogP contribution in [-0.4, -0.2) is 34.1 Å². The van der Waals surface area contributed by atoms with Crippen molar-refractivity contribution in [3.05, 3.63) is 59.4 Å². The maximum absolute atomic E-state index is 13.4. The van der Waals surface area contributed by atoms with Gasteiger partial charge in [0.1, 0.15) is 5.82 Å². The van der Waals surface area contributed by atoms with Crippen molar-refractivity contribution in [2.75, 3.05) is 25.1 Å². The lowest BCUT2D eigenvalue weighted by atomic mass is 9.74. The third kappa shape index (κ3) is 5.06. The van der Waals surface area contributed by atoms with Crippen molar-refractivity contribution in [1.82, 2.24) is 4.72 Å². The van der Waals surface area contributed by atoms with Gasteiger partial charge in [0, 0.05) is 37.3 Å². The molecular formula is C22H27FN2O4S. The molecule has 6 nitrogen and oxygen atoms in total. The predicted molar refractivity (Wildman–Crippen MR) is 113 cm³/mol.